The number of rotatable bonds is 3. The first-order chi connectivity index (χ1) is 9.28. The van der Waals surface area contributed by atoms with Gasteiger partial charge in [-0.3, -0.25) is 4.79 Å². The highest BCUT2D eigenvalue weighted by Gasteiger charge is 2.39. The second-order valence-corrected chi connectivity index (χ2v) is 7.49. The normalized spacial score (nSPS) is 33.0. The van der Waals surface area contributed by atoms with E-state index < -0.39 is 39.9 Å². The third-order valence-electron chi connectivity index (χ3n) is 3.61. The Bertz CT molecular complexity index is 505. The van der Waals surface area contributed by atoms with E-state index in [4.69, 9.17) is 5.11 Å². The molecule has 3 N–H and O–H groups in total. The Morgan fingerprint density at radius 1 is 1.35 bits per heavy atom. The minimum absolute atomic E-state index is 0.0114. The Kier molecular flexibility index (Phi) is 4.31. The van der Waals surface area contributed by atoms with E-state index in [2.05, 4.69) is 5.32 Å². The summed E-state index contributed by atoms with van der Waals surface area (Å²) < 4.78 is 23.0. The number of likely N-dealkylation sites (tertiary alicyclic amines) is 1. The van der Waals surface area contributed by atoms with Gasteiger partial charge in [-0.25, -0.2) is 13.2 Å². The summed E-state index contributed by atoms with van der Waals surface area (Å²) >= 11 is 0. The van der Waals surface area contributed by atoms with E-state index in [0.717, 1.165) is 4.90 Å². The van der Waals surface area contributed by atoms with Crippen LogP contribution in [0.1, 0.15) is 12.8 Å². The second-order valence-electron chi connectivity index (χ2n) is 5.26. The van der Waals surface area contributed by atoms with Gasteiger partial charge in [0.2, 0.25) is 5.91 Å². The average molecular weight is 306 g/mol. The van der Waals surface area contributed by atoms with Crippen molar-refractivity contribution in [3.63, 3.8) is 0 Å². The Labute approximate surface area is 116 Å². The summed E-state index contributed by atoms with van der Waals surface area (Å²) in [6.07, 6.45) is -0.907. The summed E-state index contributed by atoms with van der Waals surface area (Å²) in [7, 11) is -3.14. The standard InChI is InChI=1S/C11H18N2O6S/c14-8-4-9(11(16)17)13(5-8)10(15)3-7-6-20(18,19)2-1-12-7/h7-9,12,14H,1-6H2,(H,16,17). The van der Waals surface area contributed by atoms with Crippen LogP contribution in [-0.2, 0) is 19.4 Å². The SMILES string of the molecule is O=C(O)C1CC(O)CN1C(=O)CC1CS(=O)(=O)CCN1. The van der Waals surface area contributed by atoms with Crippen molar-refractivity contribution in [1.29, 1.82) is 0 Å². The van der Waals surface area contributed by atoms with Gasteiger partial charge in [0.15, 0.2) is 9.84 Å². The Hall–Kier alpha value is -1.19. The molecule has 1 amide bonds. The molecule has 0 aromatic heterocycles. The van der Waals surface area contributed by atoms with E-state index in [0.29, 0.717) is 6.54 Å². The molecule has 2 aliphatic rings. The molecule has 8 nitrogen and oxygen atoms in total. The molecule has 3 unspecified atom stereocenters. The summed E-state index contributed by atoms with van der Waals surface area (Å²) in [5.41, 5.74) is 0. The molecule has 2 aliphatic heterocycles. The van der Waals surface area contributed by atoms with Gasteiger partial charge < -0.3 is 20.4 Å². The molecule has 20 heavy (non-hydrogen) atoms. The number of aliphatic hydroxyl groups is 1. The molecule has 0 bridgehead atoms. The first-order valence-electron chi connectivity index (χ1n) is 6.42. The largest absolute Gasteiger partial charge is 0.480 e. The maximum absolute atomic E-state index is 12.1. The monoisotopic (exact) mass is 306 g/mol. The predicted molar refractivity (Wildman–Crippen MR) is 68.8 cm³/mol. The number of nitrogens with one attached hydrogen (secondary N) is 1. The Balaban J connectivity index is 1.99. The summed E-state index contributed by atoms with van der Waals surface area (Å²) in [5, 5.41) is 21.5. The maximum Gasteiger partial charge on any atom is 0.326 e. The number of hydrogen-bond acceptors (Lipinski definition) is 6. The highest BCUT2D eigenvalue weighted by molar-refractivity contribution is 7.91. The van der Waals surface area contributed by atoms with Gasteiger partial charge in [-0.1, -0.05) is 0 Å². The van der Waals surface area contributed by atoms with Crippen LogP contribution in [0.3, 0.4) is 0 Å². The smallest absolute Gasteiger partial charge is 0.326 e. The van der Waals surface area contributed by atoms with Crippen molar-refractivity contribution >= 4 is 21.7 Å². The lowest BCUT2D eigenvalue weighted by Gasteiger charge is -2.27. The number of carbonyl (C=O) groups excluding carboxylic acids is 1. The third-order valence-corrected chi connectivity index (χ3v) is 5.34. The molecule has 0 aromatic rings. The van der Waals surface area contributed by atoms with E-state index in [1.54, 1.807) is 0 Å². The Morgan fingerprint density at radius 3 is 2.65 bits per heavy atom. The number of aliphatic carboxylic acids is 1. The molecular weight excluding hydrogens is 288 g/mol. The van der Waals surface area contributed by atoms with Crippen molar-refractivity contribution in [2.24, 2.45) is 0 Å². The lowest BCUT2D eigenvalue weighted by Crippen LogP contribution is -2.49. The van der Waals surface area contributed by atoms with Crippen LogP contribution in [0.4, 0.5) is 0 Å². The van der Waals surface area contributed by atoms with Crippen LogP contribution in [-0.4, -0.2) is 78.2 Å². The Morgan fingerprint density at radius 2 is 2.05 bits per heavy atom. The average Bonchev–Trinajstić information content (AvgIpc) is 2.70. The van der Waals surface area contributed by atoms with Crippen LogP contribution in [0.25, 0.3) is 0 Å². The minimum Gasteiger partial charge on any atom is -0.480 e. The summed E-state index contributed by atoms with van der Waals surface area (Å²) in [6.45, 7) is 0.278. The lowest BCUT2D eigenvalue weighted by atomic mass is 10.1. The molecule has 3 atom stereocenters. The summed E-state index contributed by atoms with van der Waals surface area (Å²) in [5.74, 6) is -1.66. The molecule has 2 rings (SSSR count). The van der Waals surface area contributed by atoms with Gasteiger partial charge in [-0.05, 0) is 0 Å². The first kappa shape index (κ1) is 15.2. The van der Waals surface area contributed by atoms with Crippen LogP contribution in [0.15, 0.2) is 0 Å². The van der Waals surface area contributed by atoms with E-state index in [-0.39, 0.29) is 30.9 Å². The number of nitrogens with zero attached hydrogens (tertiary/aromatic N) is 1. The van der Waals surface area contributed by atoms with Crippen LogP contribution < -0.4 is 5.32 Å². The van der Waals surface area contributed by atoms with Gasteiger partial charge in [0, 0.05) is 32.0 Å². The van der Waals surface area contributed by atoms with Gasteiger partial charge >= 0.3 is 5.97 Å². The molecule has 114 valence electrons. The predicted octanol–water partition coefficient (Wildman–Crippen LogP) is -2.19. The van der Waals surface area contributed by atoms with Crippen LogP contribution in [0, 0.1) is 0 Å². The number of carboxylic acids is 1. The van der Waals surface area contributed by atoms with E-state index in [1.165, 1.54) is 0 Å². The number of aliphatic hydroxyl groups excluding tert-OH is 1. The number of hydrogen-bond donors (Lipinski definition) is 3. The highest BCUT2D eigenvalue weighted by atomic mass is 32.2. The molecule has 2 heterocycles. The highest BCUT2D eigenvalue weighted by Crippen LogP contribution is 2.20. The maximum atomic E-state index is 12.1. The fraction of sp³-hybridized carbons (Fsp3) is 0.818. The number of sulfone groups is 1. The van der Waals surface area contributed by atoms with Crippen LogP contribution in [0.2, 0.25) is 0 Å². The van der Waals surface area contributed by atoms with Crippen molar-refractivity contribution in [1.82, 2.24) is 10.2 Å². The van der Waals surface area contributed by atoms with Gasteiger partial charge in [0.1, 0.15) is 6.04 Å². The molecule has 0 aliphatic carbocycles. The molecule has 0 aromatic carbocycles. The van der Waals surface area contributed by atoms with Crippen molar-refractivity contribution < 1.29 is 28.2 Å². The van der Waals surface area contributed by atoms with Crippen molar-refractivity contribution in [2.75, 3.05) is 24.6 Å². The zero-order valence-electron chi connectivity index (χ0n) is 10.9. The summed E-state index contributed by atoms with van der Waals surface area (Å²) in [6, 6.07) is -1.52. The molecule has 2 saturated heterocycles. The van der Waals surface area contributed by atoms with Crippen molar-refractivity contribution in [3.05, 3.63) is 0 Å². The topological polar surface area (TPSA) is 124 Å². The molecule has 0 spiro atoms. The molecule has 0 radical (unpaired) electrons. The van der Waals surface area contributed by atoms with Crippen LogP contribution >= 0.6 is 0 Å². The number of carbonyl (C=O) groups is 2. The van der Waals surface area contributed by atoms with Gasteiger partial charge in [0.25, 0.3) is 0 Å². The fourth-order valence-electron chi connectivity index (χ4n) is 2.65. The second kappa shape index (κ2) is 5.66. The number of β-amino-alcohol motifs (C(OH)–C–C–N with tert-alkyl or cyclic N) is 1. The van der Waals surface area contributed by atoms with E-state index in [9.17, 15) is 23.1 Å². The third kappa shape index (κ3) is 3.47. The quantitative estimate of drug-likeness (QED) is 0.541. The molecule has 2 fully saturated rings. The van der Waals surface area contributed by atoms with Crippen molar-refractivity contribution in [3.8, 4) is 0 Å². The minimum atomic E-state index is -3.14. The lowest BCUT2D eigenvalue weighted by molar-refractivity contribution is -0.148. The van der Waals surface area contributed by atoms with Gasteiger partial charge in [-0.2, -0.15) is 0 Å². The van der Waals surface area contributed by atoms with E-state index in [1.807, 2.05) is 0 Å². The van der Waals surface area contributed by atoms with Gasteiger partial charge in [0.05, 0.1) is 17.6 Å². The molecular formula is C11H18N2O6S. The van der Waals surface area contributed by atoms with Gasteiger partial charge in [-0.15, -0.1) is 0 Å². The van der Waals surface area contributed by atoms with Crippen molar-refractivity contribution in [2.45, 2.75) is 31.0 Å². The zero-order chi connectivity index (χ0) is 14.9. The number of carboxylic acid groups (broad SMARTS) is 1. The molecule has 9 heteroatoms. The first-order valence-corrected chi connectivity index (χ1v) is 8.25. The van der Waals surface area contributed by atoms with Crippen LogP contribution in [0.5, 0.6) is 0 Å². The fourth-order valence-corrected chi connectivity index (χ4v) is 4.09. The zero-order valence-corrected chi connectivity index (χ0v) is 11.7. The number of amides is 1. The van der Waals surface area contributed by atoms with E-state index >= 15 is 0 Å². The molecule has 0 saturated carbocycles. The summed E-state index contributed by atoms with van der Waals surface area (Å²) in [4.78, 5) is 24.3.